The van der Waals surface area contributed by atoms with Crippen molar-refractivity contribution in [1.82, 2.24) is 0 Å². The van der Waals surface area contributed by atoms with Crippen molar-refractivity contribution in [2.45, 2.75) is 19.4 Å². The van der Waals surface area contributed by atoms with Crippen molar-refractivity contribution in [2.75, 3.05) is 0 Å². The maximum atomic E-state index is 3.79. The second-order valence-electron chi connectivity index (χ2n) is 2.32. The highest BCUT2D eigenvalue weighted by Gasteiger charge is 1.93. The predicted octanol–water partition coefficient (Wildman–Crippen LogP) is 1.59. The minimum Gasteiger partial charge on any atom is -0.205 e. The Hall–Kier alpha value is -0.850. The van der Waals surface area contributed by atoms with Gasteiger partial charge in [0.25, 0.3) is 0 Å². The second-order valence-corrected chi connectivity index (χ2v) is 2.32. The van der Waals surface area contributed by atoms with E-state index in [1.807, 2.05) is 18.2 Å². The van der Waals surface area contributed by atoms with Crippen LogP contribution in [0.5, 0.6) is 0 Å². The van der Waals surface area contributed by atoms with Gasteiger partial charge in [0, 0.05) is 18.6 Å². The molecule has 1 heterocycles. The van der Waals surface area contributed by atoms with Crippen LogP contribution in [0, 0.1) is 6.92 Å². The summed E-state index contributed by atoms with van der Waals surface area (Å²) in [6.07, 6.45) is 6.34. The van der Waals surface area contributed by atoms with E-state index >= 15 is 0 Å². The van der Waals surface area contributed by atoms with Crippen LogP contribution in [0.2, 0.25) is 0 Å². The van der Waals surface area contributed by atoms with E-state index in [9.17, 15) is 0 Å². The summed E-state index contributed by atoms with van der Waals surface area (Å²) in [5.41, 5.74) is 0. The molecule has 1 heteroatoms. The molecule has 1 aromatic rings. The first kappa shape index (κ1) is 7.26. The average molecular weight is 135 g/mol. The Kier molecular flexibility index (Phi) is 2.94. The van der Waals surface area contributed by atoms with E-state index in [1.54, 1.807) is 0 Å². The van der Waals surface area contributed by atoms with Crippen LogP contribution in [-0.2, 0) is 6.54 Å². The molecule has 1 radical (unpaired) electrons. The standard InChI is InChI=1S/C9H13N/c1-2-3-7-10-8-5-4-6-9-10/h4-6,8-9H,1-3,7H2/q+1. The number of hydrogen-bond acceptors (Lipinski definition) is 0. The molecule has 1 nitrogen and oxygen atoms in total. The van der Waals surface area contributed by atoms with Gasteiger partial charge in [-0.25, -0.2) is 4.57 Å². The molecule has 53 valence electrons. The van der Waals surface area contributed by atoms with Crippen molar-refractivity contribution < 1.29 is 4.57 Å². The van der Waals surface area contributed by atoms with Gasteiger partial charge in [-0.05, 0) is 6.42 Å². The summed E-state index contributed by atoms with van der Waals surface area (Å²) in [5, 5.41) is 0. The van der Waals surface area contributed by atoms with E-state index in [-0.39, 0.29) is 0 Å². The molecule has 0 N–H and O–H groups in total. The fourth-order valence-electron chi connectivity index (χ4n) is 0.878. The Bertz CT molecular complexity index is 169. The average Bonchev–Trinajstić information content (AvgIpc) is 2.03. The Morgan fingerprint density at radius 1 is 1.10 bits per heavy atom. The molecule has 0 atom stereocenters. The second kappa shape index (κ2) is 4.04. The van der Waals surface area contributed by atoms with Crippen molar-refractivity contribution in [1.29, 1.82) is 0 Å². The lowest BCUT2D eigenvalue weighted by Gasteiger charge is -1.91. The molecule has 0 saturated heterocycles. The van der Waals surface area contributed by atoms with Gasteiger partial charge in [-0.3, -0.25) is 0 Å². The summed E-state index contributed by atoms with van der Waals surface area (Å²) >= 11 is 0. The van der Waals surface area contributed by atoms with Crippen LogP contribution >= 0.6 is 0 Å². The first-order valence-electron chi connectivity index (χ1n) is 3.67. The van der Waals surface area contributed by atoms with E-state index in [4.69, 9.17) is 0 Å². The Labute approximate surface area is 62.3 Å². The molecule has 0 fully saturated rings. The first-order chi connectivity index (χ1) is 4.93. The van der Waals surface area contributed by atoms with Crippen LogP contribution in [0.4, 0.5) is 0 Å². The largest absolute Gasteiger partial charge is 0.205 e. The first-order valence-corrected chi connectivity index (χ1v) is 3.67. The lowest BCUT2D eigenvalue weighted by molar-refractivity contribution is -0.697. The zero-order valence-corrected chi connectivity index (χ0v) is 6.16. The minimum atomic E-state index is 1.02. The number of aromatic nitrogens is 1. The third-order valence-corrected chi connectivity index (χ3v) is 1.44. The van der Waals surface area contributed by atoms with Crippen molar-refractivity contribution in [3.63, 3.8) is 0 Å². The quantitative estimate of drug-likeness (QED) is 0.554. The third kappa shape index (κ3) is 2.18. The Morgan fingerprint density at radius 3 is 2.40 bits per heavy atom. The summed E-state index contributed by atoms with van der Waals surface area (Å²) in [5.74, 6) is 0. The number of unbranched alkanes of at least 4 members (excludes halogenated alkanes) is 1. The van der Waals surface area contributed by atoms with Crippen molar-refractivity contribution in [3.8, 4) is 0 Å². The molecule has 0 spiro atoms. The van der Waals surface area contributed by atoms with E-state index in [2.05, 4.69) is 23.9 Å². The SMILES string of the molecule is [CH2]CCC[n+]1ccccc1. The highest BCUT2D eigenvalue weighted by Crippen LogP contribution is 1.85. The van der Waals surface area contributed by atoms with E-state index in [0.29, 0.717) is 0 Å². The molecular weight excluding hydrogens is 122 g/mol. The van der Waals surface area contributed by atoms with Crippen LogP contribution in [-0.4, -0.2) is 0 Å². The number of nitrogens with zero attached hydrogens (tertiary/aromatic N) is 1. The summed E-state index contributed by atoms with van der Waals surface area (Å²) in [7, 11) is 0. The monoisotopic (exact) mass is 135 g/mol. The van der Waals surface area contributed by atoms with Crippen LogP contribution in [0.3, 0.4) is 0 Å². The molecular formula is C9H13N+. The van der Waals surface area contributed by atoms with Gasteiger partial charge in [0.05, 0.1) is 0 Å². The third-order valence-electron chi connectivity index (χ3n) is 1.44. The molecule has 0 aromatic carbocycles. The Morgan fingerprint density at radius 2 is 1.80 bits per heavy atom. The van der Waals surface area contributed by atoms with Crippen molar-refractivity contribution in [3.05, 3.63) is 37.5 Å². The number of hydrogen-bond donors (Lipinski definition) is 0. The van der Waals surface area contributed by atoms with E-state index in [0.717, 1.165) is 19.4 Å². The maximum Gasteiger partial charge on any atom is 0.168 e. The number of aryl methyl sites for hydroxylation is 1. The van der Waals surface area contributed by atoms with Crippen molar-refractivity contribution >= 4 is 0 Å². The van der Waals surface area contributed by atoms with Crippen LogP contribution in [0.15, 0.2) is 30.6 Å². The summed E-state index contributed by atoms with van der Waals surface area (Å²) in [4.78, 5) is 0. The topological polar surface area (TPSA) is 3.88 Å². The zero-order chi connectivity index (χ0) is 7.23. The highest BCUT2D eigenvalue weighted by molar-refractivity contribution is 4.83. The molecule has 10 heavy (non-hydrogen) atoms. The normalized spacial score (nSPS) is 9.70. The summed E-state index contributed by atoms with van der Waals surface area (Å²) in [6.45, 7) is 4.88. The fraction of sp³-hybridized carbons (Fsp3) is 0.333. The van der Waals surface area contributed by atoms with Crippen LogP contribution < -0.4 is 4.57 Å². The molecule has 0 unspecified atom stereocenters. The molecule has 1 aromatic heterocycles. The van der Waals surface area contributed by atoms with Gasteiger partial charge in [-0.15, -0.1) is 0 Å². The molecule has 0 amide bonds. The molecule has 1 rings (SSSR count). The highest BCUT2D eigenvalue weighted by atomic mass is 14.9. The van der Waals surface area contributed by atoms with E-state index < -0.39 is 0 Å². The zero-order valence-electron chi connectivity index (χ0n) is 6.16. The lowest BCUT2D eigenvalue weighted by atomic mass is 10.3. The smallest absolute Gasteiger partial charge is 0.168 e. The van der Waals surface area contributed by atoms with Crippen molar-refractivity contribution in [2.24, 2.45) is 0 Å². The molecule has 0 bridgehead atoms. The van der Waals surface area contributed by atoms with Crippen LogP contribution in [0.1, 0.15) is 12.8 Å². The summed E-state index contributed by atoms with van der Waals surface area (Å²) in [6, 6.07) is 6.12. The molecule has 0 saturated carbocycles. The Balaban J connectivity index is 2.43. The van der Waals surface area contributed by atoms with Gasteiger partial charge in [-0.2, -0.15) is 0 Å². The van der Waals surface area contributed by atoms with E-state index in [1.165, 1.54) is 0 Å². The fourth-order valence-corrected chi connectivity index (χ4v) is 0.878. The summed E-state index contributed by atoms with van der Waals surface area (Å²) < 4.78 is 2.17. The minimum absolute atomic E-state index is 1.02. The molecule has 0 aliphatic rings. The van der Waals surface area contributed by atoms with Gasteiger partial charge in [0.1, 0.15) is 6.54 Å². The number of pyridine rings is 1. The van der Waals surface area contributed by atoms with Gasteiger partial charge < -0.3 is 0 Å². The van der Waals surface area contributed by atoms with Gasteiger partial charge in [-0.1, -0.05) is 13.0 Å². The van der Waals surface area contributed by atoms with Gasteiger partial charge in [0.2, 0.25) is 0 Å². The molecule has 0 aliphatic carbocycles. The van der Waals surface area contributed by atoms with Gasteiger partial charge >= 0.3 is 0 Å². The maximum absolute atomic E-state index is 3.79. The predicted molar refractivity (Wildman–Crippen MR) is 41.2 cm³/mol. The van der Waals surface area contributed by atoms with Gasteiger partial charge in [0.15, 0.2) is 12.4 Å². The lowest BCUT2D eigenvalue weighted by Crippen LogP contribution is -2.31. The van der Waals surface area contributed by atoms with Crippen LogP contribution in [0.25, 0.3) is 0 Å². The number of rotatable bonds is 3. The molecule has 0 aliphatic heterocycles.